The van der Waals surface area contributed by atoms with E-state index in [1.54, 1.807) is 30.2 Å². The number of ether oxygens (including phenoxy) is 4. The normalized spacial score (nSPS) is 18.7. The molecule has 9 heteroatoms. The average molecular weight is 609 g/mol. The molecule has 2 saturated heterocycles. The van der Waals surface area contributed by atoms with Crippen LogP contribution in [0.2, 0.25) is 0 Å². The van der Waals surface area contributed by atoms with E-state index in [-0.39, 0.29) is 11.3 Å². The Hall–Kier alpha value is -3.56. The number of carbonyl (C=O) groups excluding carboxylic acids is 2. The van der Waals surface area contributed by atoms with E-state index in [1.807, 2.05) is 25.1 Å². The summed E-state index contributed by atoms with van der Waals surface area (Å²) in [5.74, 6) is 0.675. The lowest BCUT2D eigenvalue weighted by atomic mass is 9.94. The van der Waals surface area contributed by atoms with Crippen molar-refractivity contribution >= 4 is 17.4 Å². The van der Waals surface area contributed by atoms with Gasteiger partial charge in [0.2, 0.25) is 0 Å². The number of unbranched alkanes of at least 4 members (excludes halogenated alkanes) is 2. The summed E-state index contributed by atoms with van der Waals surface area (Å²) < 4.78 is 23.0. The molecule has 0 spiro atoms. The minimum absolute atomic E-state index is 0.0651. The largest absolute Gasteiger partial charge is 0.507 e. The van der Waals surface area contributed by atoms with Crippen LogP contribution in [0.3, 0.4) is 0 Å². The van der Waals surface area contributed by atoms with Crippen molar-refractivity contribution in [3.8, 4) is 17.2 Å². The molecule has 2 aromatic rings. The van der Waals surface area contributed by atoms with Gasteiger partial charge in [0.05, 0.1) is 45.2 Å². The highest BCUT2D eigenvalue weighted by molar-refractivity contribution is 6.46. The van der Waals surface area contributed by atoms with E-state index in [0.29, 0.717) is 67.9 Å². The number of aryl methyl sites for hydroxylation is 1. The first-order valence-electron chi connectivity index (χ1n) is 15.9. The van der Waals surface area contributed by atoms with Crippen LogP contribution in [0.15, 0.2) is 42.0 Å². The number of rotatable bonds is 15. The first-order valence-corrected chi connectivity index (χ1v) is 15.9. The van der Waals surface area contributed by atoms with Gasteiger partial charge in [-0.3, -0.25) is 14.5 Å². The van der Waals surface area contributed by atoms with E-state index in [0.717, 1.165) is 50.2 Å². The van der Waals surface area contributed by atoms with Gasteiger partial charge in [0.25, 0.3) is 11.7 Å². The van der Waals surface area contributed by atoms with Crippen LogP contribution in [0.25, 0.3) is 5.76 Å². The van der Waals surface area contributed by atoms with Gasteiger partial charge in [-0.25, -0.2) is 0 Å². The van der Waals surface area contributed by atoms with Gasteiger partial charge in [-0.15, -0.1) is 0 Å². The van der Waals surface area contributed by atoms with Crippen LogP contribution in [0.5, 0.6) is 17.2 Å². The summed E-state index contributed by atoms with van der Waals surface area (Å²) in [6.07, 6.45) is 3.78. The molecule has 240 valence electrons. The summed E-state index contributed by atoms with van der Waals surface area (Å²) in [5, 5.41) is 11.6. The van der Waals surface area contributed by atoms with Crippen LogP contribution in [0.4, 0.5) is 0 Å². The highest BCUT2D eigenvalue weighted by atomic mass is 16.5. The Labute approximate surface area is 261 Å². The van der Waals surface area contributed by atoms with E-state index in [2.05, 4.69) is 25.7 Å². The molecule has 2 aromatic carbocycles. The summed E-state index contributed by atoms with van der Waals surface area (Å²) in [5.41, 5.74) is 2.02. The first kappa shape index (κ1) is 33.3. The topological polar surface area (TPSA) is 97.8 Å². The summed E-state index contributed by atoms with van der Waals surface area (Å²) in [6.45, 7) is 13.6. The number of likely N-dealkylation sites (tertiary alicyclic amines) is 1. The standard InChI is InChI=1S/C35H48N2O7/c1-6-7-8-18-43-29-13-10-26(22-30(29)41-5)32-31(33(38)27-11-12-28(25(4)21-27)44-23-24(2)3)34(39)35(40)37(32)15-9-14-36-16-19-42-20-17-36/h10-13,21-22,24,32,38H,6-9,14-20,23H2,1-5H3/b33-31+. The molecular formula is C35H48N2O7. The SMILES string of the molecule is CCCCCOc1ccc(C2/C(=C(\O)c3ccc(OCC(C)C)c(C)c3)C(=O)C(=O)N2CCCN2CCOCC2)cc1OC. The summed E-state index contributed by atoms with van der Waals surface area (Å²) in [7, 11) is 1.57. The van der Waals surface area contributed by atoms with Crippen molar-refractivity contribution in [3.05, 3.63) is 58.7 Å². The average Bonchev–Trinajstić information content (AvgIpc) is 3.27. The second-order valence-electron chi connectivity index (χ2n) is 12.0. The van der Waals surface area contributed by atoms with Gasteiger partial charge < -0.3 is 29.0 Å². The van der Waals surface area contributed by atoms with Crippen molar-refractivity contribution in [2.24, 2.45) is 5.92 Å². The zero-order valence-corrected chi connectivity index (χ0v) is 26.9. The van der Waals surface area contributed by atoms with E-state index in [1.165, 1.54) is 0 Å². The Morgan fingerprint density at radius 2 is 1.73 bits per heavy atom. The Bertz CT molecular complexity index is 1320. The van der Waals surface area contributed by atoms with Crippen LogP contribution in [0.1, 0.15) is 69.2 Å². The van der Waals surface area contributed by atoms with Crippen molar-refractivity contribution in [2.75, 3.05) is 59.7 Å². The third kappa shape index (κ3) is 8.12. The lowest BCUT2D eigenvalue weighted by molar-refractivity contribution is -0.140. The van der Waals surface area contributed by atoms with Gasteiger partial charge in [0.1, 0.15) is 11.5 Å². The minimum atomic E-state index is -0.778. The summed E-state index contributed by atoms with van der Waals surface area (Å²) in [4.78, 5) is 31.0. The van der Waals surface area contributed by atoms with Gasteiger partial charge in [-0.1, -0.05) is 39.7 Å². The monoisotopic (exact) mass is 608 g/mol. The van der Waals surface area contributed by atoms with E-state index in [9.17, 15) is 14.7 Å². The van der Waals surface area contributed by atoms with E-state index >= 15 is 0 Å². The molecule has 2 fully saturated rings. The molecule has 1 atom stereocenters. The highest BCUT2D eigenvalue weighted by Gasteiger charge is 2.46. The van der Waals surface area contributed by atoms with Crippen LogP contribution in [-0.4, -0.2) is 86.3 Å². The molecule has 1 amide bonds. The van der Waals surface area contributed by atoms with Crippen molar-refractivity contribution < 1.29 is 33.6 Å². The third-order valence-corrected chi connectivity index (χ3v) is 8.05. The number of hydrogen-bond acceptors (Lipinski definition) is 8. The molecule has 0 aliphatic carbocycles. The van der Waals surface area contributed by atoms with Crippen LogP contribution in [-0.2, 0) is 14.3 Å². The molecular weight excluding hydrogens is 560 g/mol. The number of hydrogen-bond donors (Lipinski definition) is 1. The fraction of sp³-hybridized carbons (Fsp3) is 0.543. The second-order valence-corrected chi connectivity index (χ2v) is 12.0. The fourth-order valence-electron chi connectivity index (χ4n) is 5.62. The number of nitrogens with zero attached hydrogens (tertiary/aromatic N) is 2. The zero-order chi connectivity index (χ0) is 31.6. The number of benzene rings is 2. The Balaban J connectivity index is 1.69. The Morgan fingerprint density at radius 3 is 2.41 bits per heavy atom. The summed E-state index contributed by atoms with van der Waals surface area (Å²) >= 11 is 0. The lowest BCUT2D eigenvalue weighted by Gasteiger charge is -2.29. The molecule has 0 saturated carbocycles. The Morgan fingerprint density at radius 1 is 0.977 bits per heavy atom. The molecule has 9 nitrogen and oxygen atoms in total. The fourth-order valence-corrected chi connectivity index (χ4v) is 5.62. The molecule has 1 unspecified atom stereocenters. The molecule has 1 N–H and O–H groups in total. The maximum atomic E-state index is 13.6. The van der Waals surface area contributed by atoms with Crippen LogP contribution in [0, 0.1) is 12.8 Å². The number of Topliss-reactive ketones (excluding diaryl/α,β-unsaturated/α-hetero) is 1. The van der Waals surface area contributed by atoms with E-state index in [4.69, 9.17) is 18.9 Å². The van der Waals surface area contributed by atoms with Crippen molar-refractivity contribution in [1.82, 2.24) is 9.80 Å². The van der Waals surface area contributed by atoms with Gasteiger partial charge in [0.15, 0.2) is 11.5 Å². The molecule has 0 aromatic heterocycles. The number of amides is 1. The van der Waals surface area contributed by atoms with Crippen molar-refractivity contribution in [3.63, 3.8) is 0 Å². The van der Waals surface area contributed by atoms with Crippen LogP contribution < -0.4 is 14.2 Å². The van der Waals surface area contributed by atoms with E-state index < -0.39 is 17.7 Å². The molecule has 44 heavy (non-hydrogen) atoms. The van der Waals surface area contributed by atoms with Gasteiger partial charge in [0, 0.05) is 31.7 Å². The van der Waals surface area contributed by atoms with Gasteiger partial charge in [-0.2, -0.15) is 0 Å². The number of methoxy groups -OCH3 is 1. The number of carbonyl (C=O) groups is 2. The quantitative estimate of drug-likeness (QED) is 0.118. The molecule has 2 heterocycles. The van der Waals surface area contributed by atoms with Gasteiger partial charge >= 0.3 is 0 Å². The molecule has 2 aliphatic rings. The van der Waals surface area contributed by atoms with Gasteiger partial charge in [-0.05, 0) is 67.1 Å². The maximum Gasteiger partial charge on any atom is 0.295 e. The number of aliphatic hydroxyl groups excluding tert-OH is 1. The van der Waals surface area contributed by atoms with Crippen LogP contribution >= 0.6 is 0 Å². The third-order valence-electron chi connectivity index (χ3n) is 8.05. The molecule has 2 aliphatic heterocycles. The number of aliphatic hydroxyl groups is 1. The number of ketones is 1. The zero-order valence-electron chi connectivity index (χ0n) is 26.9. The molecule has 0 bridgehead atoms. The van der Waals surface area contributed by atoms with Crippen molar-refractivity contribution in [1.29, 1.82) is 0 Å². The predicted molar refractivity (Wildman–Crippen MR) is 170 cm³/mol. The predicted octanol–water partition coefficient (Wildman–Crippen LogP) is 5.75. The smallest absolute Gasteiger partial charge is 0.295 e. The van der Waals surface area contributed by atoms with Crippen molar-refractivity contribution in [2.45, 2.75) is 59.4 Å². The lowest BCUT2D eigenvalue weighted by Crippen LogP contribution is -2.39. The summed E-state index contributed by atoms with van der Waals surface area (Å²) in [6, 6.07) is 10.0. The first-order chi connectivity index (χ1) is 21.2. The molecule has 0 radical (unpaired) electrons. The highest BCUT2D eigenvalue weighted by Crippen LogP contribution is 2.42. The number of morpholine rings is 1. The second kappa shape index (κ2) is 16.0. The molecule has 4 rings (SSSR count). The minimum Gasteiger partial charge on any atom is -0.507 e. The maximum absolute atomic E-state index is 13.6. The Kier molecular flexibility index (Phi) is 12.1.